The van der Waals surface area contributed by atoms with Crippen LogP contribution in [0, 0.1) is 0 Å². The second-order valence-corrected chi connectivity index (χ2v) is 5.18. The average Bonchev–Trinajstić information content (AvgIpc) is 2.89. The quantitative estimate of drug-likeness (QED) is 0.737. The molecule has 0 bridgehead atoms. The van der Waals surface area contributed by atoms with Crippen LogP contribution in [0.3, 0.4) is 0 Å². The number of hydrogen-bond donors (Lipinski definition) is 2. The van der Waals surface area contributed by atoms with Crippen LogP contribution >= 0.6 is 11.3 Å². The van der Waals surface area contributed by atoms with E-state index in [1.54, 1.807) is 10.3 Å². The molecule has 0 atom stereocenters. The van der Waals surface area contributed by atoms with E-state index in [4.69, 9.17) is 5.73 Å². The molecular weight excluding hydrogens is 276 g/mol. The van der Waals surface area contributed by atoms with Crippen LogP contribution in [-0.2, 0) is 11.2 Å². The third-order valence-electron chi connectivity index (χ3n) is 2.88. The molecule has 6 nitrogen and oxygen atoms in total. The molecule has 0 saturated heterocycles. The standard InChI is InChI=1S/C13H22N4O2S/c1-3-17(4-2)12(18)6-8-15-13(19)10-9-20-11(16-10)5-7-14/h9H,3-8,14H2,1-2H3,(H,15,19). The summed E-state index contributed by atoms with van der Waals surface area (Å²) >= 11 is 1.43. The van der Waals surface area contributed by atoms with Crippen molar-refractivity contribution in [1.82, 2.24) is 15.2 Å². The maximum Gasteiger partial charge on any atom is 0.270 e. The lowest BCUT2D eigenvalue weighted by Crippen LogP contribution is -2.34. The van der Waals surface area contributed by atoms with E-state index in [9.17, 15) is 9.59 Å². The second kappa shape index (κ2) is 8.65. The van der Waals surface area contributed by atoms with Gasteiger partial charge < -0.3 is 16.0 Å². The Hall–Kier alpha value is -1.47. The van der Waals surface area contributed by atoms with Crippen molar-refractivity contribution >= 4 is 23.2 Å². The van der Waals surface area contributed by atoms with Gasteiger partial charge in [-0.3, -0.25) is 9.59 Å². The van der Waals surface area contributed by atoms with E-state index in [0.717, 1.165) is 5.01 Å². The van der Waals surface area contributed by atoms with Crippen LogP contribution < -0.4 is 11.1 Å². The molecule has 0 spiro atoms. The normalized spacial score (nSPS) is 10.3. The number of rotatable bonds is 8. The predicted octanol–water partition coefficient (Wildman–Crippen LogP) is 0.633. The number of nitrogens with zero attached hydrogens (tertiary/aromatic N) is 2. The largest absolute Gasteiger partial charge is 0.350 e. The van der Waals surface area contributed by atoms with Gasteiger partial charge in [0.25, 0.3) is 5.91 Å². The molecule has 0 aromatic carbocycles. The van der Waals surface area contributed by atoms with Crippen LogP contribution in [0.5, 0.6) is 0 Å². The Balaban J connectivity index is 2.37. The van der Waals surface area contributed by atoms with E-state index >= 15 is 0 Å². The molecule has 20 heavy (non-hydrogen) atoms. The molecule has 0 saturated carbocycles. The van der Waals surface area contributed by atoms with E-state index in [-0.39, 0.29) is 11.8 Å². The first kappa shape index (κ1) is 16.6. The smallest absolute Gasteiger partial charge is 0.270 e. The fourth-order valence-electron chi connectivity index (χ4n) is 1.76. The SMILES string of the molecule is CCN(CC)C(=O)CCNC(=O)c1csc(CCN)n1. The van der Waals surface area contributed by atoms with Crippen molar-refractivity contribution in [2.75, 3.05) is 26.2 Å². The number of amides is 2. The van der Waals surface area contributed by atoms with E-state index in [2.05, 4.69) is 10.3 Å². The third kappa shape index (κ3) is 4.90. The van der Waals surface area contributed by atoms with Gasteiger partial charge in [-0.2, -0.15) is 0 Å². The topological polar surface area (TPSA) is 88.3 Å². The zero-order valence-corrected chi connectivity index (χ0v) is 12.8. The number of nitrogens with two attached hydrogens (primary N) is 1. The van der Waals surface area contributed by atoms with Gasteiger partial charge in [-0.05, 0) is 20.4 Å². The molecule has 0 radical (unpaired) electrons. The number of nitrogens with one attached hydrogen (secondary N) is 1. The zero-order valence-electron chi connectivity index (χ0n) is 12.0. The summed E-state index contributed by atoms with van der Waals surface area (Å²) in [5, 5.41) is 5.29. The highest BCUT2D eigenvalue weighted by atomic mass is 32.1. The van der Waals surface area contributed by atoms with Crippen molar-refractivity contribution in [2.45, 2.75) is 26.7 Å². The van der Waals surface area contributed by atoms with Gasteiger partial charge in [0.15, 0.2) is 0 Å². The second-order valence-electron chi connectivity index (χ2n) is 4.24. The summed E-state index contributed by atoms with van der Waals surface area (Å²) < 4.78 is 0. The van der Waals surface area contributed by atoms with Crippen LogP contribution in [0.2, 0.25) is 0 Å². The lowest BCUT2D eigenvalue weighted by atomic mass is 10.3. The molecule has 0 aliphatic carbocycles. The first-order chi connectivity index (χ1) is 9.62. The fraction of sp³-hybridized carbons (Fsp3) is 0.615. The Kier molecular flexibility index (Phi) is 7.17. The third-order valence-corrected chi connectivity index (χ3v) is 3.79. The first-order valence-electron chi connectivity index (χ1n) is 6.82. The Bertz CT molecular complexity index is 443. The molecule has 2 amide bonds. The highest BCUT2D eigenvalue weighted by Gasteiger charge is 2.12. The number of carbonyl (C=O) groups excluding carboxylic acids is 2. The molecule has 0 fully saturated rings. The van der Waals surface area contributed by atoms with Crippen LogP contribution in [0.1, 0.15) is 35.8 Å². The van der Waals surface area contributed by atoms with Crippen LogP contribution in [0.25, 0.3) is 0 Å². The van der Waals surface area contributed by atoms with E-state index in [1.165, 1.54) is 11.3 Å². The summed E-state index contributed by atoms with van der Waals surface area (Å²) in [7, 11) is 0. The molecule has 0 unspecified atom stereocenters. The van der Waals surface area contributed by atoms with Gasteiger partial charge in [-0.25, -0.2) is 4.98 Å². The van der Waals surface area contributed by atoms with Crippen molar-refractivity contribution < 1.29 is 9.59 Å². The summed E-state index contributed by atoms with van der Waals surface area (Å²) in [6.07, 6.45) is 0.992. The molecule has 7 heteroatoms. The van der Waals surface area contributed by atoms with Gasteiger partial charge >= 0.3 is 0 Å². The van der Waals surface area contributed by atoms with Crippen molar-refractivity contribution in [2.24, 2.45) is 5.73 Å². The zero-order chi connectivity index (χ0) is 15.0. The van der Waals surface area contributed by atoms with E-state index in [1.807, 2.05) is 13.8 Å². The Morgan fingerprint density at radius 1 is 1.40 bits per heavy atom. The molecule has 3 N–H and O–H groups in total. The summed E-state index contributed by atoms with van der Waals surface area (Å²) in [4.78, 5) is 29.5. The molecule has 1 aromatic heterocycles. The van der Waals surface area contributed by atoms with Gasteiger partial charge in [0.1, 0.15) is 5.69 Å². The Labute approximate surface area is 123 Å². The van der Waals surface area contributed by atoms with E-state index < -0.39 is 0 Å². The monoisotopic (exact) mass is 298 g/mol. The van der Waals surface area contributed by atoms with Crippen LogP contribution in [0.4, 0.5) is 0 Å². The van der Waals surface area contributed by atoms with E-state index in [0.29, 0.717) is 44.7 Å². The number of thiazole rings is 1. The number of aromatic nitrogens is 1. The lowest BCUT2D eigenvalue weighted by Gasteiger charge is -2.18. The molecule has 112 valence electrons. The highest BCUT2D eigenvalue weighted by molar-refractivity contribution is 7.09. The maximum absolute atomic E-state index is 11.8. The molecule has 1 rings (SSSR count). The summed E-state index contributed by atoms with van der Waals surface area (Å²) in [5.41, 5.74) is 5.84. The minimum atomic E-state index is -0.239. The molecule has 0 aliphatic heterocycles. The first-order valence-corrected chi connectivity index (χ1v) is 7.70. The highest BCUT2D eigenvalue weighted by Crippen LogP contribution is 2.09. The van der Waals surface area contributed by atoms with Crippen molar-refractivity contribution in [1.29, 1.82) is 0 Å². The van der Waals surface area contributed by atoms with Gasteiger partial charge in [0.2, 0.25) is 5.91 Å². The van der Waals surface area contributed by atoms with Crippen LogP contribution in [-0.4, -0.2) is 47.9 Å². The summed E-state index contributed by atoms with van der Waals surface area (Å²) in [5.74, 6) is -0.186. The number of hydrogen-bond acceptors (Lipinski definition) is 5. The van der Waals surface area contributed by atoms with Gasteiger partial charge in [0, 0.05) is 37.9 Å². The van der Waals surface area contributed by atoms with Gasteiger partial charge in [-0.15, -0.1) is 11.3 Å². The van der Waals surface area contributed by atoms with Gasteiger partial charge in [-0.1, -0.05) is 0 Å². The van der Waals surface area contributed by atoms with Gasteiger partial charge in [0.05, 0.1) is 5.01 Å². The van der Waals surface area contributed by atoms with Crippen LogP contribution in [0.15, 0.2) is 5.38 Å². The Morgan fingerprint density at radius 2 is 2.10 bits per heavy atom. The molecule has 1 heterocycles. The molecule has 0 aliphatic rings. The maximum atomic E-state index is 11.8. The predicted molar refractivity (Wildman–Crippen MR) is 79.8 cm³/mol. The fourth-order valence-corrected chi connectivity index (χ4v) is 2.56. The Morgan fingerprint density at radius 3 is 2.70 bits per heavy atom. The average molecular weight is 298 g/mol. The molecule has 1 aromatic rings. The van der Waals surface area contributed by atoms with Crippen molar-refractivity contribution in [3.8, 4) is 0 Å². The lowest BCUT2D eigenvalue weighted by molar-refractivity contribution is -0.130. The molecular formula is C13H22N4O2S. The van der Waals surface area contributed by atoms with Crippen molar-refractivity contribution in [3.63, 3.8) is 0 Å². The summed E-state index contributed by atoms with van der Waals surface area (Å²) in [6.45, 7) is 6.11. The summed E-state index contributed by atoms with van der Waals surface area (Å²) in [6, 6.07) is 0. The number of carbonyl (C=O) groups is 2. The van der Waals surface area contributed by atoms with Crippen molar-refractivity contribution in [3.05, 3.63) is 16.1 Å². The minimum absolute atomic E-state index is 0.0531. The minimum Gasteiger partial charge on any atom is -0.350 e.